The summed E-state index contributed by atoms with van der Waals surface area (Å²) in [5.74, 6) is -0.399. The van der Waals surface area contributed by atoms with E-state index in [0.29, 0.717) is 19.8 Å². The Morgan fingerprint density at radius 1 is 1.30 bits per heavy atom. The van der Waals surface area contributed by atoms with E-state index in [1.54, 1.807) is 0 Å². The molecule has 0 aliphatic carbocycles. The van der Waals surface area contributed by atoms with Gasteiger partial charge in [-0.15, -0.1) is 0 Å². The molecule has 116 valence electrons. The number of nitrogens with zero attached hydrogens (tertiary/aromatic N) is 1. The van der Waals surface area contributed by atoms with Crippen LogP contribution in [0.2, 0.25) is 0 Å². The Labute approximate surface area is 121 Å². The van der Waals surface area contributed by atoms with Crippen molar-refractivity contribution in [1.29, 1.82) is 0 Å². The van der Waals surface area contributed by atoms with E-state index >= 15 is 0 Å². The topological polar surface area (TPSA) is 55.8 Å². The first kappa shape index (κ1) is 17.4. The zero-order valence-corrected chi connectivity index (χ0v) is 13.7. The highest BCUT2D eigenvalue weighted by Gasteiger charge is 2.43. The van der Waals surface area contributed by atoms with Crippen molar-refractivity contribution in [2.75, 3.05) is 19.8 Å². The molecule has 0 N–H and O–H groups in total. The monoisotopic (exact) mass is 303 g/mol. The van der Waals surface area contributed by atoms with Crippen LogP contribution >= 0.6 is 7.75 Å². The second-order valence-electron chi connectivity index (χ2n) is 5.91. The van der Waals surface area contributed by atoms with E-state index < -0.39 is 13.7 Å². The lowest BCUT2D eigenvalue weighted by atomic mass is 9.97. The van der Waals surface area contributed by atoms with Gasteiger partial charge in [0.15, 0.2) is 0 Å². The minimum atomic E-state index is -3.51. The lowest BCUT2D eigenvalue weighted by Gasteiger charge is -2.38. The lowest BCUT2D eigenvalue weighted by molar-refractivity contribution is -0.123. The van der Waals surface area contributed by atoms with Gasteiger partial charge in [0.1, 0.15) is 0 Å². The Balaban J connectivity index is 2.70. The second kappa shape index (κ2) is 7.39. The predicted molar refractivity (Wildman–Crippen MR) is 79.3 cm³/mol. The standard InChI is InChI=1S/C14H26NO4P/c1-5-7-8-9-10-15(13(16)6-2)20(17)18-11-14(3,4)12-19-20/h6H,2,5,7-12H2,1,3-4H3. The molecule has 1 aliphatic rings. The number of hydrogen-bond acceptors (Lipinski definition) is 4. The van der Waals surface area contributed by atoms with Crippen molar-refractivity contribution in [2.45, 2.75) is 46.5 Å². The fourth-order valence-electron chi connectivity index (χ4n) is 1.88. The molecule has 1 fully saturated rings. The molecule has 0 atom stereocenters. The molecule has 1 rings (SSSR count). The molecule has 0 aromatic rings. The summed E-state index contributed by atoms with van der Waals surface area (Å²) in [7, 11) is -3.51. The summed E-state index contributed by atoms with van der Waals surface area (Å²) in [6.07, 6.45) is 5.13. The Hall–Kier alpha value is -0.640. The normalized spacial score (nSPS) is 20.4. The van der Waals surface area contributed by atoms with Gasteiger partial charge in [-0.25, -0.2) is 9.24 Å². The summed E-state index contributed by atoms with van der Waals surface area (Å²) in [4.78, 5) is 11.9. The van der Waals surface area contributed by atoms with Gasteiger partial charge in [-0.05, 0) is 12.5 Å². The predicted octanol–water partition coefficient (Wildman–Crippen LogP) is 3.76. The maximum Gasteiger partial charge on any atom is 0.437 e. The smallest absolute Gasteiger partial charge is 0.291 e. The Morgan fingerprint density at radius 2 is 1.90 bits per heavy atom. The molecule has 1 heterocycles. The molecule has 0 aromatic carbocycles. The van der Waals surface area contributed by atoms with Crippen LogP contribution in [0.4, 0.5) is 0 Å². The van der Waals surface area contributed by atoms with E-state index in [2.05, 4.69) is 13.5 Å². The van der Waals surface area contributed by atoms with E-state index in [9.17, 15) is 9.36 Å². The maximum atomic E-state index is 12.7. The van der Waals surface area contributed by atoms with Gasteiger partial charge in [-0.3, -0.25) is 13.8 Å². The number of hydrogen-bond donors (Lipinski definition) is 0. The molecule has 0 bridgehead atoms. The highest BCUT2D eigenvalue weighted by atomic mass is 31.2. The highest BCUT2D eigenvalue weighted by Crippen LogP contribution is 2.56. The molecule has 0 aromatic heterocycles. The van der Waals surface area contributed by atoms with Crippen LogP contribution in [0.5, 0.6) is 0 Å². The zero-order valence-electron chi connectivity index (χ0n) is 12.8. The third-order valence-corrected chi connectivity index (χ3v) is 5.08. The molecule has 1 saturated heterocycles. The first-order chi connectivity index (χ1) is 9.34. The summed E-state index contributed by atoms with van der Waals surface area (Å²) in [6.45, 7) is 10.5. The number of unbranched alkanes of at least 4 members (excludes halogenated alkanes) is 3. The Bertz CT molecular complexity index is 381. The zero-order chi connectivity index (χ0) is 15.2. The van der Waals surface area contributed by atoms with E-state index in [0.717, 1.165) is 31.8 Å². The van der Waals surface area contributed by atoms with Gasteiger partial charge in [-0.1, -0.05) is 46.6 Å². The average Bonchev–Trinajstić information content (AvgIpc) is 2.42. The fourth-order valence-corrected chi connectivity index (χ4v) is 3.97. The van der Waals surface area contributed by atoms with Gasteiger partial charge in [0.2, 0.25) is 0 Å². The van der Waals surface area contributed by atoms with Crippen molar-refractivity contribution in [1.82, 2.24) is 4.67 Å². The molecule has 1 amide bonds. The SMILES string of the molecule is C=CC(=O)N(CCCCCC)P1(=O)OCC(C)(C)CO1. The molecule has 1 aliphatic heterocycles. The molecule has 6 heteroatoms. The number of carbonyl (C=O) groups is 1. The Morgan fingerprint density at radius 3 is 2.40 bits per heavy atom. The van der Waals surface area contributed by atoms with Crippen molar-refractivity contribution >= 4 is 13.7 Å². The summed E-state index contributed by atoms with van der Waals surface area (Å²) < 4.78 is 24.7. The van der Waals surface area contributed by atoms with Crippen molar-refractivity contribution < 1.29 is 18.4 Å². The molecule has 0 saturated carbocycles. The van der Waals surface area contributed by atoms with Crippen LogP contribution in [0, 0.1) is 5.41 Å². The third kappa shape index (κ3) is 4.72. The van der Waals surface area contributed by atoms with Gasteiger partial charge >= 0.3 is 7.75 Å². The van der Waals surface area contributed by atoms with E-state index in [4.69, 9.17) is 9.05 Å². The van der Waals surface area contributed by atoms with Crippen LogP contribution in [-0.2, 0) is 18.4 Å². The highest BCUT2D eigenvalue weighted by molar-refractivity contribution is 7.52. The summed E-state index contributed by atoms with van der Waals surface area (Å²) in [6, 6.07) is 0. The van der Waals surface area contributed by atoms with E-state index in [1.807, 2.05) is 13.8 Å². The van der Waals surface area contributed by atoms with Crippen molar-refractivity contribution in [3.8, 4) is 0 Å². The van der Waals surface area contributed by atoms with Gasteiger partial charge < -0.3 is 0 Å². The van der Waals surface area contributed by atoms with Crippen molar-refractivity contribution in [3.63, 3.8) is 0 Å². The van der Waals surface area contributed by atoms with Gasteiger partial charge in [0.25, 0.3) is 5.91 Å². The third-order valence-electron chi connectivity index (χ3n) is 3.19. The fraction of sp³-hybridized carbons (Fsp3) is 0.786. The number of rotatable bonds is 7. The molecule has 5 nitrogen and oxygen atoms in total. The van der Waals surface area contributed by atoms with Crippen LogP contribution in [0.15, 0.2) is 12.7 Å². The van der Waals surface area contributed by atoms with Crippen LogP contribution in [0.1, 0.15) is 46.5 Å². The molecular formula is C14H26NO4P. The molecule has 20 heavy (non-hydrogen) atoms. The number of carbonyl (C=O) groups excluding carboxylic acids is 1. The van der Waals surface area contributed by atoms with Crippen LogP contribution in [-0.4, -0.2) is 30.3 Å². The quantitative estimate of drug-likeness (QED) is 0.408. The van der Waals surface area contributed by atoms with Crippen LogP contribution in [0.25, 0.3) is 0 Å². The van der Waals surface area contributed by atoms with Crippen molar-refractivity contribution in [3.05, 3.63) is 12.7 Å². The second-order valence-corrected chi connectivity index (χ2v) is 7.84. The Kier molecular flexibility index (Phi) is 6.44. The summed E-state index contributed by atoms with van der Waals surface area (Å²) in [5.41, 5.74) is -0.182. The minimum absolute atomic E-state index is 0.182. The minimum Gasteiger partial charge on any atom is -0.291 e. The van der Waals surface area contributed by atoms with Crippen LogP contribution < -0.4 is 0 Å². The first-order valence-electron chi connectivity index (χ1n) is 7.18. The summed E-state index contributed by atoms with van der Waals surface area (Å²) >= 11 is 0. The van der Waals surface area contributed by atoms with Crippen molar-refractivity contribution in [2.24, 2.45) is 5.41 Å². The average molecular weight is 303 g/mol. The van der Waals surface area contributed by atoms with Gasteiger partial charge in [-0.2, -0.15) is 0 Å². The molecule has 0 spiro atoms. The lowest BCUT2D eigenvalue weighted by Crippen LogP contribution is -2.37. The largest absolute Gasteiger partial charge is 0.437 e. The van der Waals surface area contributed by atoms with E-state index in [1.165, 1.54) is 4.67 Å². The maximum absolute atomic E-state index is 12.7. The van der Waals surface area contributed by atoms with Crippen LogP contribution in [0.3, 0.4) is 0 Å². The molecule has 0 radical (unpaired) electrons. The number of amides is 1. The first-order valence-corrected chi connectivity index (χ1v) is 8.68. The molecular weight excluding hydrogens is 277 g/mol. The van der Waals surface area contributed by atoms with Gasteiger partial charge in [0.05, 0.1) is 13.2 Å². The van der Waals surface area contributed by atoms with E-state index in [-0.39, 0.29) is 5.41 Å². The van der Waals surface area contributed by atoms with Gasteiger partial charge in [0, 0.05) is 12.0 Å². The molecule has 0 unspecified atom stereocenters. The summed E-state index contributed by atoms with van der Waals surface area (Å²) in [5, 5.41) is 0.